The quantitative estimate of drug-likeness (QED) is 0.697. The first kappa shape index (κ1) is 17.6. The number of benzene rings is 1. The number of aliphatic hydroxyl groups is 2. The Bertz CT molecular complexity index is 445. The van der Waals surface area contributed by atoms with Crippen LogP contribution >= 0.6 is 0 Å². The van der Waals surface area contributed by atoms with Crippen molar-refractivity contribution in [2.75, 3.05) is 27.3 Å². The SMILES string of the molecule is CCC(CO)(CO)NC(=O)[C@@H](c1ccc(C)cc1)N(C)C. The Balaban J connectivity index is 3.01. The lowest BCUT2D eigenvalue weighted by molar-refractivity contribution is -0.129. The molecule has 1 atom stereocenters. The molecule has 5 nitrogen and oxygen atoms in total. The van der Waals surface area contributed by atoms with Crippen LogP contribution in [0.25, 0.3) is 0 Å². The Morgan fingerprint density at radius 2 is 1.76 bits per heavy atom. The van der Waals surface area contributed by atoms with E-state index in [1.807, 2.05) is 57.1 Å². The van der Waals surface area contributed by atoms with Gasteiger partial charge in [0.15, 0.2) is 0 Å². The molecule has 1 aromatic carbocycles. The van der Waals surface area contributed by atoms with Crippen molar-refractivity contribution < 1.29 is 15.0 Å². The van der Waals surface area contributed by atoms with Gasteiger partial charge in [0.05, 0.1) is 18.8 Å². The van der Waals surface area contributed by atoms with E-state index in [0.717, 1.165) is 11.1 Å². The smallest absolute Gasteiger partial charge is 0.242 e. The third-order valence-electron chi connectivity index (χ3n) is 3.83. The first-order chi connectivity index (χ1) is 9.89. The second-order valence-electron chi connectivity index (χ2n) is 5.72. The van der Waals surface area contributed by atoms with Crippen molar-refractivity contribution >= 4 is 5.91 Å². The first-order valence-electron chi connectivity index (χ1n) is 7.16. The van der Waals surface area contributed by atoms with Crippen LogP contribution in [0.15, 0.2) is 24.3 Å². The predicted molar refractivity (Wildman–Crippen MR) is 82.9 cm³/mol. The average Bonchev–Trinajstić information content (AvgIpc) is 2.47. The number of rotatable bonds is 7. The number of hydrogen-bond donors (Lipinski definition) is 3. The molecule has 0 unspecified atom stereocenters. The van der Waals surface area contributed by atoms with Gasteiger partial charge in [-0.05, 0) is 33.0 Å². The summed E-state index contributed by atoms with van der Waals surface area (Å²) in [6, 6.07) is 7.31. The maximum Gasteiger partial charge on any atom is 0.242 e. The van der Waals surface area contributed by atoms with E-state index in [1.165, 1.54) is 0 Å². The lowest BCUT2D eigenvalue weighted by Crippen LogP contribution is -2.56. The maximum absolute atomic E-state index is 12.6. The van der Waals surface area contributed by atoms with Gasteiger partial charge in [-0.1, -0.05) is 36.8 Å². The van der Waals surface area contributed by atoms with Crippen LogP contribution in [0.2, 0.25) is 0 Å². The van der Waals surface area contributed by atoms with Crippen LogP contribution in [0.1, 0.15) is 30.5 Å². The Morgan fingerprint density at radius 1 is 1.24 bits per heavy atom. The molecular weight excluding hydrogens is 268 g/mol. The average molecular weight is 294 g/mol. The normalized spacial score (nSPS) is 13.3. The minimum absolute atomic E-state index is 0.228. The van der Waals surface area contributed by atoms with Gasteiger partial charge in [-0.3, -0.25) is 9.69 Å². The summed E-state index contributed by atoms with van der Waals surface area (Å²) in [5.74, 6) is -0.228. The number of aliphatic hydroxyl groups excluding tert-OH is 2. The monoisotopic (exact) mass is 294 g/mol. The molecule has 118 valence electrons. The van der Waals surface area contributed by atoms with Gasteiger partial charge < -0.3 is 15.5 Å². The van der Waals surface area contributed by atoms with Crippen molar-refractivity contribution in [1.82, 2.24) is 10.2 Å². The zero-order valence-electron chi connectivity index (χ0n) is 13.3. The van der Waals surface area contributed by atoms with Gasteiger partial charge >= 0.3 is 0 Å². The first-order valence-corrected chi connectivity index (χ1v) is 7.16. The molecule has 0 radical (unpaired) electrons. The van der Waals surface area contributed by atoms with Crippen LogP contribution in [-0.4, -0.2) is 53.9 Å². The van der Waals surface area contributed by atoms with Crippen molar-refractivity contribution in [3.05, 3.63) is 35.4 Å². The largest absolute Gasteiger partial charge is 0.394 e. The molecule has 0 saturated carbocycles. The van der Waals surface area contributed by atoms with Crippen LogP contribution in [-0.2, 0) is 4.79 Å². The zero-order chi connectivity index (χ0) is 16.0. The summed E-state index contributed by atoms with van der Waals surface area (Å²) in [5.41, 5.74) is 1.03. The zero-order valence-corrected chi connectivity index (χ0v) is 13.3. The van der Waals surface area contributed by atoms with Gasteiger partial charge in [-0.25, -0.2) is 0 Å². The van der Waals surface area contributed by atoms with Gasteiger partial charge in [0.25, 0.3) is 0 Å². The Kier molecular flexibility index (Phi) is 6.33. The lowest BCUT2D eigenvalue weighted by atomic mass is 9.96. The number of likely N-dealkylation sites (N-methyl/N-ethyl adjacent to an activating group) is 1. The van der Waals surface area contributed by atoms with E-state index in [1.54, 1.807) is 0 Å². The minimum atomic E-state index is -0.976. The summed E-state index contributed by atoms with van der Waals surface area (Å²) >= 11 is 0. The van der Waals surface area contributed by atoms with Gasteiger partial charge in [0.1, 0.15) is 6.04 Å². The van der Waals surface area contributed by atoms with Crippen molar-refractivity contribution in [2.45, 2.75) is 31.8 Å². The van der Waals surface area contributed by atoms with Crippen LogP contribution in [0, 0.1) is 6.92 Å². The number of aryl methyl sites for hydroxylation is 1. The van der Waals surface area contributed by atoms with Crippen molar-refractivity contribution in [3.63, 3.8) is 0 Å². The van der Waals surface area contributed by atoms with Crippen LogP contribution in [0.3, 0.4) is 0 Å². The fourth-order valence-corrected chi connectivity index (χ4v) is 2.20. The van der Waals surface area contributed by atoms with E-state index >= 15 is 0 Å². The van der Waals surface area contributed by atoms with E-state index in [2.05, 4.69) is 5.32 Å². The molecule has 1 amide bonds. The number of hydrogen-bond acceptors (Lipinski definition) is 4. The molecule has 0 aliphatic carbocycles. The number of carbonyl (C=O) groups is 1. The second-order valence-corrected chi connectivity index (χ2v) is 5.72. The van der Waals surface area contributed by atoms with E-state index in [4.69, 9.17) is 0 Å². The summed E-state index contributed by atoms with van der Waals surface area (Å²) in [7, 11) is 3.66. The van der Waals surface area contributed by atoms with E-state index in [0.29, 0.717) is 6.42 Å². The highest BCUT2D eigenvalue weighted by atomic mass is 16.3. The van der Waals surface area contributed by atoms with Gasteiger partial charge in [0.2, 0.25) is 5.91 Å². The summed E-state index contributed by atoms with van der Waals surface area (Å²) in [6.07, 6.45) is 0.458. The molecule has 21 heavy (non-hydrogen) atoms. The highest BCUT2D eigenvalue weighted by Crippen LogP contribution is 2.21. The van der Waals surface area contributed by atoms with E-state index in [9.17, 15) is 15.0 Å². The number of carbonyl (C=O) groups excluding carboxylic acids is 1. The topological polar surface area (TPSA) is 72.8 Å². The standard InChI is InChI=1S/C16H26N2O3/c1-5-16(10-19,11-20)17-15(21)14(18(3)4)13-8-6-12(2)7-9-13/h6-9,14,19-20H,5,10-11H2,1-4H3,(H,17,21)/t14-/m1/s1. The fourth-order valence-electron chi connectivity index (χ4n) is 2.20. The van der Waals surface area contributed by atoms with Gasteiger partial charge in [0, 0.05) is 0 Å². The van der Waals surface area contributed by atoms with Crippen molar-refractivity contribution in [2.24, 2.45) is 0 Å². The summed E-state index contributed by atoms with van der Waals surface area (Å²) in [6.45, 7) is 3.23. The molecule has 0 heterocycles. The molecule has 1 rings (SSSR count). The Hall–Kier alpha value is -1.43. The van der Waals surface area contributed by atoms with Crippen LogP contribution < -0.4 is 5.32 Å². The summed E-state index contributed by atoms with van der Waals surface area (Å²) in [5, 5.41) is 21.7. The highest BCUT2D eigenvalue weighted by Gasteiger charge is 2.32. The Labute approximate surface area is 126 Å². The van der Waals surface area contributed by atoms with Crippen LogP contribution in [0.5, 0.6) is 0 Å². The highest BCUT2D eigenvalue weighted by molar-refractivity contribution is 5.84. The summed E-state index contributed by atoms with van der Waals surface area (Å²) < 4.78 is 0. The molecule has 1 aromatic rings. The number of amides is 1. The number of nitrogens with zero attached hydrogens (tertiary/aromatic N) is 1. The molecule has 0 aliphatic rings. The minimum Gasteiger partial charge on any atom is -0.394 e. The van der Waals surface area contributed by atoms with Crippen LogP contribution in [0.4, 0.5) is 0 Å². The molecule has 0 saturated heterocycles. The van der Waals surface area contributed by atoms with Gasteiger partial charge in [-0.2, -0.15) is 0 Å². The summed E-state index contributed by atoms with van der Waals surface area (Å²) in [4.78, 5) is 14.4. The molecule has 0 aromatic heterocycles. The fraction of sp³-hybridized carbons (Fsp3) is 0.562. The van der Waals surface area contributed by atoms with Gasteiger partial charge in [-0.15, -0.1) is 0 Å². The molecule has 0 fully saturated rings. The van der Waals surface area contributed by atoms with E-state index in [-0.39, 0.29) is 19.1 Å². The molecule has 0 aliphatic heterocycles. The molecular formula is C16H26N2O3. The molecule has 0 spiro atoms. The van der Waals surface area contributed by atoms with E-state index < -0.39 is 11.6 Å². The third-order valence-corrected chi connectivity index (χ3v) is 3.83. The predicted octanol–water partition coefficient (Wildman–Crippen LogP) is 0.847. The van der Waals surface area contributed by atoms with Crippen molar-refractivity contribution in [3.8, 4) is 0 Å². The third kappa shape index (κ3) is 4.27. The second kappa shape index (κ2) is 7.54. The molecule has 5 heteroatoms. The number of nitrogens with one attached hydrogen (secondary N) is 1. The van der Waals surface area contributed by atoms with Crippen molar-refractivity contribution in [1.29, 1.82) is 0 Å². The lowest BCUT2D eigenvalue weighted by Gasteiger charge is -2.33. The molecule has 0 bridgehead atoms. The maximum atomic E-state index is 12.6. The molecule has 3 N–H and O–H groups in total. The Morgan fingerprint density at radius 3 is 2.14 bits per heavy atom.